The van der Waals surface area contributed by atoms with Crippen LogP contribution in [0, 0.1) is 0 Å². The van der Waals surface area contributed by atoms with Crippen LogP contribution in [0.4, 0.5) is 0 Å². The van der Waals surface area contributed by atoms with Crippen molar-refractivity contribution in [2.24, 2.45) is 5.73 Å². The van der Waals surface area contributed by atoms with Crippen molar-refractivity contribution in [2.75, 3.05) is 6.61 Å². The zero-order valence-corrected chi connectivity index (χ0v) is 6.35. The number of primary amides is 1. The van der Waals surface area contributed by atoms with Crippen molar-refractivity contribution < 1.29 is 14.3 Å². The van der Waals surface area contributed by atoms with Crippen LogP contribution in [0.2, 0.25) is 0 Å². The van der Waals surface area contributed by atoms with Crippen LogP contribution in [0.5, 0.6) is 0 Å². The minimum absolute atomic E-state index is 0.491. The van der Waals surface area contributed by atoms with Gasteiger partial charge in [0.15, 0.2) is 6.61 Å². The molecule has 0 bridgehead atoms. The van der Waals surface area contributed by atoms with Gasteiger partial charge in [0, 0.05) is 0 Å². The van der Waals surface area contributed by atoms with Gasteiger partial charge in [0.2, 0.25) is 4.84 Å². The molecule has 10 heavy (non-hydrogen) atoms. The number of esters is 1. The maximum atomic E-state index is 10.4. The number of rotatable bonds is 3. The standard InChI is InChI=1S/C4H5Cl2NO3/c5-3(6)4(9)10-1-2(7)8/h3H,1H2,(H2,7,8). The second-order valence-corrected chi connectivity index (χ2v) is 2.47. The van der Waals surface area contributed by atoms with E-state index >= 15 is 0 Å². The normalized spacial score (nSPS) is 9.50. The van der Waals surface area contributed by atoms with E-state index in [4.69, 9.17) is 23.2 Å². The molecule has 1 amide bonds. The molecule has 58 valence electrons. The van der Waals surface area contributed by atoms with E-state index in [0.29, 0.717) is 0 Å². The van der Waals surface area contributed by atoms with Gasteiger partial charge in [-0.3, -0.25) is 4.79 Å². The molecule has 0 aromatic carbocycles. The molecule has 0 fully saturated rings. The number of halogens is 2. The number of alkyl halides is 2. The first kappa shape index (κ1) is 9.52. The van der Waals surface area contributed by atoms with Crippen molar-refractivity contribution in [3.63, 3.8) is 0 Å². The molecule has 0 rings (SSSR count). The van der Waals surface area contributed by atoms with E-state index in [-0.39, 0.29) is 0 Å². The van der Waals surface area contributed by atoms with Gasteiger partial charge in [-0.1, -0.05) is 23.2 Å². The maximum Gasteiger partial charge on any atom is 0.339 e. The lowest BCUT2D eigenvalue weighted by Gasteiger charge is -2.00. The van der Waals surface area contributed by atoms with Crippen molar-refractivity contribution in [1.82, 2.24) is 0 Å². The van der Waals surface area contributed by atoms with Crippen molar-refractivity contribution in [1.29, 1.82) is 0 Å². The summed E-state index contributed by atoms with van der Waals surface area (Å²) in [4.78, 5) is 19.1. The van der Waals surface area contributed by atoms with E-state index in [9.17, 15) is 9.59 Å². The summed E-state index contributed by atoms with van der Waals surface area (Å²) < 4.78 is 4.19. The number of hydrogen-bond acceptors (Lipinski definition) is 3. The number of carbonyl (C=O) groups excluding carboxylic acids is 2. The predicted molar refractivity (Wildman–Crippen MR) is 35.6 cm³/mol. The molecule has 0 aromatic heterocycles. The van der Waals surface area contributed by atoms with E-state index < -0.39 is 23.3 Å². The average molecular weight is 186 g/mol. The third-order valence-electron chi connectivity index (χ3n) is 0.535. The van der Waals surface area contributed by atoms with Crippen LogP contribution in [0.15, 0.2) is 0 Å². The highest BCUT2D eigenvalue weighted by Crippen LogP contribution is 2.02. The van der Waals surface area contributed by atoms with Gasteiger partial charge in [0.25, 0.3) is 5.91 Å². The Labute approximate surface area is 67.2 Å². The van der Waals surface area contributed by atoms with Crippen LogP contribution in [0.1, 0.15) is 0 Å². The number of nitrogens with two attached hydrogens (primary N) is 1. The lowest BCUT2D eigenvalue weighted by atomic mass is 10.7. The minimum atomic E-state index is -1.26. The van der Waals surface area contributed by atoms with Crippen molar-refractivity contribution in [3.05, 3.63) is 0 Å². The smallest absolute Gasteiger partial charge is 0.339 e. The Hall–Kier alpha value is -0.480. The van der Waals surface area contributed by atoms with Gasteiger partial charge in [-0.25, -0.2) is 4.79 Å². The molecule has 0 aromatic rings. The highest BCUT2D eigenvalue weighted by molar-refractivity contribution is 6.52. The van der Waals surface area contributed by atoms with Crippen LogP contribution >= 0.6 is 23.2 Å². The zero-order valence-electron chi connectivity index (χ0n) is 4.84. The summed E-state index contributed by atoms with van der Waals surface area (Å²) >= 11 is 10.1. The molecule has 0 aliphatic rings. The molecule has 0 spiro atoms. The number of hydrogen-bond donors (Lipinski definition) is 1. The van der Waals surface area contributed by atoms with Gasteiger partial charge in [-0.05, 0) is 0 Å². The van der Waals surface area contributed by atoms with Crippen LogP contribution in [0.25, 0.3) is 0 Å². The first-order valence-electron chi connectivity index (χ1n) is 2.27. The van der Waals surface area contributed by atoms with Gasteiger partial charge in [0.1, 0.15) is 0 Å². The Balaban J connectivity index is 3.50. The largest absolute Gasteiger partial charge is 0.454 e. The molecule has 6 heteroatoms. The molecule has 0 aliphatic heterocycles. The van der Waals surface area contributed by atoms with E-state index in [1.54, 1.807) is 0 Å². The fraction of sp³-hybridized carbons (Fsp3) is 0.500. The van der Waals surface area contributed by atoms with Gasteiger partial charge in [0.05, 0.1) is 0 Å². The number of amides is 1. The molecular weight excluding hydrogens is 181 g/mol. The Morgan fingerprint density at radius 3 is 2.30 bits per heavy atom. The number of ether oxygens (including phenoxy) is 1. The molecule has 0 unspecified atom stereocenters. The lowest BCUT2D eigenvalue weighted by Crippen LogP contribution is -2.23. The summed E-state index contributed by atoms with van der Waals surface area (Å²) in [6.07, 6.45) is 0. The van der Waals surface area contributed by atoms with E-state index in [1.807, 2.05) is 0 Å². The van der Waals surface area contributed by atoms with Gasteiger partial charge in [-0.2, -0.15) is 0 Å². The molecule has 2 N–H and O–H groups in total. The third-order valence-corrected chi connectivity index (χ3v) is 0.891. The molecular formula is C4H5Cl2NO3. The van der Waals surface area contributed by atoms with E-state index in [1.165, 1.54) is 0 Å². The average Bonchev–Trinajstić information content (AvgIpc) is 1.82. The summed E-state index contributed by atoms with van der Waals surface area (Å²) in [7, 11) is 0. The minimum Gasteiger partial charge on any atom is -0.454 e. The van der Waals surface area contributed by atoms with Gasteiger partial charge < -0.3 is 10.5 Å². The molecule has 0 saturated carbocycles. The Bertz CT molecular complexity index is 147. The third kappa shape index (κ3) is 4.40. The molecule has 0 atom stereocenters. The SMILES string of the molecule is NC(=O)COC(=O)C(Cl)Cl. The molecule has 0 radical (unpaired) electrons. The second kappa shape index (κ2) is 4.35. The summed E-state index contributed by atoms with van der Waals surface area (Å²) in [5, 5.41) is 0. The Morgan fingerprint density at radius 2 is 2.00 bits per heavy atom. The van der Waals surface area contributed by atoms with Gasteiger partial charge >= 0.3 is 5.97 Å². The highest BCUT2D eigenvalue weighted by Gasteiger charge is 2.13. The lowest BCUT2D eigenvalue weighted by molar-refractivity contribution is -0.145. The summed E-state index contributed by atoms with van der Waals surface area (Å²) in [5.41, 5.74) is 4.64. The maximum absolute atomic E-state index is 10.4. The van der Waals surface area contributed by atoms with Crippen LogP contribution < -0.4 is 5.73 Å². The molecule has 0 heterocycles. The topological polar surface area (TPSA) is 69.4 Å². The molecule has 4 nitrogen and oxygen atoms in total. The van der Waals surface area contributed by atoms with Crippen LogP contribution in [-0.2, 0) is 14.3 Å². The predicted octanol–water partition coefficient (Wildman–Crippen LogP) is -0.181. The fourth-order valence-electron chi connectivity index (χ4n) is 0.205. The van der Waals surface area contributed by atoms with Crippen LogP contribution in [0.3, 0.4) is 0 Å². The highest BCUT2D eigenvalue weighted by atomic mass is 35.5. The van der Waals surface area contributed by atoms with Crippen LogP contribution in [-0.4, -0.2) is 23.3 Å². The summed E-state index contributed by atoms with van der Waals surface area (Å²) in [6.45, 7) is -0.491. The summed E-state index contributed by atoms with van der Waals surface area (Å²) in [5.74, 6) is -1.62. The van der Waals surface area contributed by atoms with E-state index in [2.05, 4.69) is 10.5 Å². The second-order valence-electron chi connectivity index (χ2n) is 1.37. The monoisotopic (exact) mass is 185 g/mol. The first-order chi connectivity index (χ1) is 4.54. The first-order valence-corrected chi connectivity index (χ1v) is 3.14. The number of carbonyl (C=O) groups is 2. The molecule has 0 saturated heterocycles. The Morgan fingerprint density at radius 1 is 1.50 bits per heavy atom. The summed E-state index contributed by atoms with van der Waals surface area (Å²) in [6, 6.07) is 0. The zero-order chi connectivity index (χ0) is 8.15. The van der Waals surface area contributed by atoms with E-state index in [0.717, 1.165) is 0 Å². The quantitative estimate of drug-likeness (QED) is 0.490. The molecule has 0 aliphatic carbocycles. The van der Waals surface area contributed by atoms with Gasteiger partial charge in [-0.15, -0.1) is 0 Å². The van der Waals surface area contributed by atoms with Crippen molar-refractivity contribution in [2.45, 2.75) is 4.84 Å². The van der Waals surface area contributed by atoms with Crippen molar-refractivity contribution >= 4 is 35.1 Å². The Kier molecular flexibility index (Phi) is 4.14. The fourth-order valence-corrected chi connectivity index (χ4v) is 0.331. The van der Waals surface area contributed by atoms with Crippen molar-refractivity contribution in [3.8, 4) is 0 Å².